The molecule has 0 bridgehead atoms. The van der Waals surface area contributed by atoms with Crippen LogP contribution in [-0.4, -0.2) is 41.8 Å². The lowest BCUT2D eigenvalue weighted by molar-refractivity contribution is -0.128. The Bertz CT molecular complexity index is 1050. The van der Waals surface area contributed by atoms with E-state index < -0.39 is 11.8 Å². The van der Waals surface area contributed by atoms with E-state index in [2.05, 4.69) is 31.2 Å². The van der Waals surface area contributed by atoms with E-state index in [1.54, 1.807) is 0 Å². The topological polar surface area (TPSA) is 120 Å². The van der Waals surface area contributed by atoms with Gasteiger partial charge in [-0.25, -0.2) is 0 Å². The van der Waals surface area contributed by atoms with Crippen molar-refractivity contribution in [2.75, 3.05) is 0 Å². The summed E-state index contributed by atoms with van der Waals surface area (Å²) >= 11 is 0. The molecule has 2 aromatic heterocycles. The van der Waals surface area contributed by atoms with E-state index in [1.165, 1.54) is 22.0 Å². The Kier molecular flexibility index (Phi) is 5.56. The molecule has 0 atom stereocenters. The summed E-state index contributed by atoms with van der Waals surface area (Å²) in [5.41, 5.74) is 7.29. The van der Waals surface area contributed by atoms with Crippen molar-refractivity contribution in [2.24, 2.45) is 0 Å². The number of hydrogen-bond acceptors (Lipinski definition) is 6. The maximum atomic E-state index is 12.1. The molecule has 0 fully saturated rings. The molecule has 0 saturated heterocycles. The van der Waals surface area contributed by atoms with Crippen molar-refractivity contribution < 1.29 is 9.59 Å². The Labute approximate surface area is 171 Å². The Morgan fingerprint density at radius 3 is 1.47 bits per heavy atom. The Morgan fingerprint density at radius 1 is 0.667 bits per heavy atom. The van der Waals surface area contributed by atoms with E-state index in [1.807, 2.05) is 60.7 Å². The zero-order valence-corrected chi connectivity index (χ0v) is 15.8. The number of rotatable bonds is 6. The lowest BCUT2D eigenvalue weighted by atomic mass is 10.3. The average Bonchev–Trinajstić information content (AvgIpc) is 3.43. The van der Waals surface area contributed by atoms with Crippen LogP contribution in [0.15, 0.2) is 73.1 Å². The molecule has 30 heavy (non-hydrogen) atoms. The summed E-state index contributed by atoms with van der Waals surface area (Å²) < 4.78 is 0. The van der Waals surface area contributed by atoms with Crippen LogP contribution in [0.4, 0.5) is 0 Å². The van der Waals surface area contributed by atoms with E-state index in [0.717, 1.165) is 11.4 Å². The molecule has 0 aliphatic rings. The maximum Gasteiger partial charge on any atom is 0.244 e. The van der Waals surface area contributed by atoms with Gasteiger partial charge in [-0.3, -0.25) is 20.4 Å². The van der Waals surface area contributed by atoms with E-state index >= 15 is 0 Å². The number of para-hydroxylation sites is 2. The molecule has 2 N–H and O–H groups in total. The van der Waals surface area contributed by atoms with Crippen LogP contribution in [0.1, 0.15) is 11.4 Å². The summed E-state index contributed by atoms with van der Waals surface area (Å²) in [6, 6.07) is 18.7. The van der Waals surface area contributed by atoms with Gasteiger partial charge in [0.15, 0.2) is 0 Å². The number of hydrazine groups is 1. The molecule has 0 radical (unpaired) electrons. The van der Waals surface area contributed by atoms with E-state index in [-0.39, 0.29) is 12.8 Å². The van der Waals surface area contributed by atoms with Crippen LogP contribution in [0.2, 0.25) is 0 Å². The van der Waals surface area contributed by atoms with Gasteiger partial charge in [0.25, 0.3) is 0 Å². The molecular formula is C20H18N8O2. The van der Waals surface area contributed by atoms with Gasteiger partial charge in [-0.05, 0) is 24.3 Å². The third kappa shape index (κ3) is 4.73. The maximum absolute atomic E-state index is 12.1. The second-order valence-corrected chi connectivity index (χ2v) is 6.37. The lowest BCUT2D eigenvalue weighted by Gasteiger charge is -2.05. The second kappa shape index (κ2) is 8.78. The highest BCUT2D eigenvalue weighted by Crippen LogP contribution is 2.05. The molecule has 10 nitrogen and oxygen atoms in total. The minimum Gasteiger partial charge on any atom is -0.273 e. The number of hydrogen-bond donors (Lipinski definition) is 2. The van der Waals surface area contributed by atoms with Gasteiger partial charge in [-0.1, -0.05) is 36.4 Å². The van der Waals surface area contributed by atoms with Crippen LogP contribution in [-0.2, 0) is 22.4 Å². The first-order chi connectivity index (χ1) is 14.7. The summed E-state index contributed by atoms with van der Waals surface area (Å²) in [6.45, 7) is 0. The predicted octanol–water partition coefficient (Wildman–Crippen LogP) is 0.781. The number of nitrogens with zero attached hydrogens (tertiary/aromatic N) is 6. The van der Waals surface area contributed by atoms with Crippen molar-refractivity contribution in [3.8, 4) is 11.4 Å². The molecule has 2 aromatic carbocycles. The number of carbonyl (C=O) groups is 2. The molecule has 150 valence electrons. The SMILES string of the molecule is O=C(Cc1cnn(-c2ccccc2)n1)NNC(=O)Cc1cnn(-c2ccccc2)n1. The highest BCUT2D eigenvalue weighted by atomic mass is 16.2. The van der Waals surface area contributed by atoms with Crippen LogP contribution in [0.5, 0.6) is 0 Å². The molecule has 4 rings (SSSR count). The molecule has 0 spiro atoms. The van der Waals surface area contributed by atoms with Crippen molar-refractivity contribution in [1.82, 2.24) is 40.8 Å². The molecule has 0 unspecified atom stereocenters. The number of amides is 2. The smallest absolute Gasteiger partial charge is 0.244 e. The first-order valence-electron chi connectivity index (χ1n) is 9.18. The largest absolute Gasteiger partial charge is 0.273 e. The minimum atomic E-state index is -0.406. The molecule has 0 saturated carbocycles. The fourth-order valence-corrected chi connectivity index (χ4v) is 2.68. The fourth-order valence-electron chi connectivity index (χ4n) is 2.68. The zero-order chi connectivity index (χ0) is 20.8. The van der Waals surface area contributed by atoms with Crippen molar-refractivity contribution >= 4 is 11.8 Å². The van der Waals surface area contributed by atoms with E-state index in [0.29, 0.717) is 11.4 Å². The van der Waals surface area contributed by atoms with Gasteiger partial charge in [-0.15, -0.1) is 0 Å². The Balaban J connectivity index is 1.26. The summed E-state index contributed by atoms with van der Waals surface area (Å²) in [4.78, 5) is 27.0. The highest BCUT2D eigenvalue weighted by Gasteiger charge is 2.12. The third-order valence-electron chi connectivity index (χ3n) is 4.08. The fraction of sp³-hybridized carbons (Fsp3) is 0.100. The van der Waals surface area contributed by atoms with Crippen LogP contribution >= 0.6 is 0 Å². The van der Waals surface area contributed by atoms with Crippen molar-refractivity contribution in [2.45, 2.75) is 12.8 Å². The quantitative estimate of drug-likeness (QED) is 0.460. The number of benzene rings is 2. The Hall–Kier alpha value is -4.34. The summed E-state index contributed by atoms with van der Waals surface area (Å²) in [5, 5.41) is 16.8. The number of nitrogens with one attached hydrogen (secondary N) is 2. The molecule has 0 aliphatic carbocycles. The number of aromatic nitrogens is 6. The van der Waals surface area contributed by atoms with Crippen LogP contribution in [0, 0.1) is 0 Å². The average molecular weight is 402 g/mol. The third-order valence-corrected chi connectivity index (χ3v) is 4.08. The zero-order valence-electron chi connectivity index (χ0n) is 15.8. The summed E-state index contributed by atoms with van der Waals surface area (Å²) in [7, 11) is 0. The first-order valence-corrected chi connectivity index (χ1v) is 9.18. The molecule has 2 heterocycles. The van der Waals surface area contributed by atoms with Crippen molar-refractivity contribution in [3.63, 3.8) is 0 Å². The summed E-state index contributed by atoms with van der Waals surface area (Å²) in [5.74, 6) is -0.812. The molecule has 10 heteroatoms. The summed E-state index contributed by atoms with van der Waals surface area (Å²) in [6.07, 6.45) is 2.99. The van der Waals surface area contributed by atoms with Gasteiger partial charge in [0.1, 0.15) is 0 Å². The van der Waals surface area contributed by atoms with Crippen LogP contribution < -0.4 is 10.9 Å². The highest BCUT2D eigenvalue weighted by molar-refractivity contribution is 5.83. The Morgan fingerprint density at radius 2 is 1.07 bits per heavy atom. The normalized spacial score (nSPS) is 10.5. The van der Waals surface area contributed by atoms with E-state index in [4.69, 9.17) is 0 Å². The standard InChI is InChI=1S/C20H18N8O2/c29-19(11-15-13-21-27(25-15)17-7-3-1-4-8-17)23-24-20(30)12-16-14-22-28(26-16)18-9-5-2-6-10-18/h1-10,13-14H,11-12H2,(H,23,29)(H,24,30). The van der Waals surface area contributed by atoms with E-state index in [9.17, 15) is 9.59 Å². The first kappa shape index (κ1) is 19.0. The predicted molar refractivity (Wildman–Crippen MR) is 106 cm³/mol. The minimum absolute atomic E-state index is 0.0166. The van der Waals surface area contributed by atoms with Crippen molar-refractivity contribution in [3.05, 3.63) is 84.4 Å². The molecule has 4 aromatic rings. The van der Waals surface area contributed by atoms with Crippen LogP contribution in [0.3, 0.4) is 0 Å². The molecule has 2 amide bonds. The van der Waals surface area contributed by atoms with Gasteiger partial charge in [-0.2, -0.15) is 30.0 Å². The van der Waals surface area contributed by atoms with Gasteiger partial charge in [0.05, 0.1) is 48.0 Å². The lowest BCUT2D eigenvalue weighted by Crippen LogP contribution is -2.43. The molecular weight excluding hydrogens is 384 g/mol. The number of carbonyl (C=O) groups excluding carboxylic acids is 2. The van der Waals surface area contributed by atoms with Crippen molar-refractivity contribution in [1.29, 1.82) is 0 Å². The van der Waals surface area contributed by atoms with Gasteiger partial charge in [0, 0.05) is 0 Å². The van der Waals surface area contributed by atoms with Gasteiger partial charge >= 0.3 is 0 Å². The van der Waals surface area contributed by atoms with Crippen LogP contribution in [0.25, 0.3) is 11.4 Å². The monoisotopic (exact) mass is 402 g/mol. The van der Waals surface area contributed by atoms with Gasteiger partial charge < -0.3 is 0 Å². The molecule has 0 aliphatic heterocycles. The second-order valence-electron chi connectivity index (χ2n) is 6.37. The van der Waals surface area contributed by atoms with Gasteiger partial charge in [0.2, 0.25) is 11.8 Å².